The summed E-state index contributed by atoms with van der Waals surface area (Å²) in [6.45, 7) is 39.1. The average molecular weight is 1020 g/mol. The van der Waals surface area contributed by atoms with Crippen LogP contribution in [-0.4, -0.2) is 86.1 Å². The fourth-order valence-corrected chi connectivity index (χ4v) is 22.4. The molecule has 0 spiro atoms. The Morgan fingerprint density at radius 2 is 1.26 bits per heavy atom. The Hall–Kier alpha value is -1.08. The molecule has 0 aromatic carbocycles. The molecule has 4 rings (SSSR count). The van der Waals surface area contributed by atoms with Gasteiger partial charge in [0.1, 0.15) is 12.2 Å². The van der Waals surface area contributed by atoms with Gasteiger partial charge in [-0.05, 0) is 104 Å². The molecule has 4 aliphatic heterocycles. The predicted molar refractivity (Wildman–Crippen MR) is 295 cm³/mol. The van der Waals surface area contributed by atoms with E-state index in [0.717, 1.165) is 64.2 Å². The topological polar surface area (TPSA) is 81.7 Å². The molecule has 0 aliphatic carbocycles. The molecule has 9 atom stereocenters. The Morgan fingerprint density at radius 3 is 1.80 bits per heavy atom. The minimum Gasteiger partial charge on any atom is -0.455 e. The van der Waals surface area contributed by atoms with Gasteiger partial charge in [0.15, 0.2) is 8.32 Å². The first kappa shape index (κ1) is 60.5. The number of rotatable bonds is 27. The second-order valence-electron chi connectivity index (χ2n) is 24.8. The standard InChI is InChI=1S/C58H106O8Si3/c1-18-19-20-21-22-23-27-30-33-51-54(64-67(16,17)58(13,14)15)37-36-53(62-51)56-39-38-55(65-69(66-56,45(8)9)46(10)11)52-35-34-49(61-52)31-28-25-24-26-29-32-50(41-48-40-47(12)60-57(48)59)63-68(42(2)3,43(4)5)44(6)7/h38-40,42-47,49-56H,18-28,30-31,33-37,41H2,1-17H3/t47-,49+,50+,51-,52-,53-,54+,55-,56-/m0/s1. The summed E-state index contributed by atoms with van der Waals surface area (Å²) in [5.41, 5.74) is 2.57. The van der Waals surface area contributed by atoms with Crippen molar-refractivity contribution >= 4 is 31.2 Å². The van der Waals surface area contributed by atoms with Crippen molar-refractivity contribution < 1.29 is 36.7 Å². The van der Waals surface area contributed by atoms with Crippen LogP contribution in [0.4, 0.5) is 0 Å². The van der Waals surface area contributed by atoms with Crippen LogP contribution in [0.25, 0.3) is 0 Å². The van der Waals surface area contributed by atoms with Gasteiger partial charge in [-0.2, -0.15) is 0 Å². The Labute approximate surface area is 428 Å². The molecule has 0 radical (unpaired) electrons. The van der Waals surface area contributed by atoms with Gasteiger partial charge < -0.3 is 31.9 Å². The molecular weight excluding hydrogens is 909 g/mol. The van der Waals surface area contributed by atoms with Crippen molar-refractivity contribution in [3.8, 4) is 11.8 Å². The van der Waals surface area contributed by atoms with E-state index in [-0.39, 0.29) is 77.0 Å². The molecule has 0 N–H and O–H groups in total. The van der Waals surface area contributed by atoms with Gasteiger partial charge in [-0.3, -0.25) is 0 Å². The van der Waals surface area contributed by atoms with E-state index in [9.17, 15) is 4.79 Å². The van der Waals surface area contributed by atoms with E-state index in [2.05, 4.69) is 134 Å². The molecule has 2 saturated heterocycles. The molecular formula is C58H106O8Si3. The van der Waals surface area contributed by atoms with Crippen LogP contribution >= 0.6 is 0 Å². The van der Waals surface area contributed by atoms with Gasteiger partial charge in [-0.25, -0.2) is 4.79 Å². The number of carbonyl (C=O) groups is 1. The SMILES string of the molecule is CCCCCCCCCC[C@@H]1O[C@H]([C@@H]2C=C[C@@H]([C@@H]3CC[C@@H](CCCCCC#C[C@H](CC4=C[C@H](C)OC4=O)O[Si](C(C)C)(C(C)C)C(C)C)O3)O[Si](C(C)C)(C(C)C)O2)CC[C@H]1O[Si](C)(C)C(C)(C)C. The normalized spacial score (nSPS) is 27.3. The molecule has 398 valence electrons. The minimum atomic E-state index is -2.73. The Kier molecular flexibility index (Phi) is 24.5. The van der Waals surface area contributed by atoms with Crippen molar-refractivity contribution in [3.63, 3.8) is 0 Å². The number of hydrogen-bond acceptors (Lipinski definition) is 8. The van der Waals surface area contributed by atoms with Gasteiger partial charge in [-0.1, -0.05) is 179 Å². The second-order valence-corrected chi connectivity index (χ2v) is 39.2. The fourth-order valence-electron chi connectivity index (χ4n) is 11.8. The summed E-state index contributed by atoms with van der Waals surface area (Å²) in [7, 11) is -6.91. The highest BCUT2D eigenvalue weighted by molar-refractivity contribution is 6.77. The molecule has 8 nitrogen and oxygen atoms in total. The number of ether oxygens (including phenoxy) is 3. The number of carbonyl (C=O) groups excluding carboxylic acids is 1. The van der Waals surface area contributed by atoms with Gasteiger partial charge in [0.2, 0.25) is 8.32 Å². The molecule has 0 amide bonds. The summed E-state index contributed by atoms with van der Waals surface area (Å²) in [6.07, 6.45) is 27.4. The first-order valence-electron chi connectivity index (χ1n) is 28.6. The number of unbranched alkanes of at least 4 members (excludes halogenated alkanes) is 10. The Bertz CT molecular complexity index is 1630. The van der Waals surface area contributed by atoms with Crippen LogP contribution in [0.3, 0.4) is 0 Å². The first-order valence-corrected chi connectivity index (χ1v) is 35.6. The van der Waals surface area contributed by atoms with E-state index in [0.29, 0.717) is 28.6 Å². The summed E-state index contributed by atoms with van der Waals surface area (Å²) in [4.78, 5) is 12.6. The number of esters is 1. The quantitative estimate of drug-likeness (QED) is 0.0265. The monoisotopic (exact) mass is 1010 g/mol. The van der Waals surface area contributed by atoms with Gasteiger partial charge in [0, 0.05) is 18.4 Å². The largest absolute Gasteiger partial charge is 0.455 e. The van der Waals surface area contributed by atoms with Crippen molar-refractivity contribution in [2.75, 3.05) is 0 Å². The molecule has 0 aromatic rings. The van der Waals surface area contributed by atoms with E-state index in [4.69, 9.17) is 31.9 Å². The highest BCUT2D eigenvalue weighted by Gasteiger charge is 2.53. The molecule has 0 saturated carbocycles. The van der Waals surface area contributed by atoms with E-state index >= 15 is 0 Å². The third-order valence-electron chi connectivity index (χ3n) is 16.7. The highest BCUT2D eigenvalue weighted by Crippen LogP contribution is 2.46. The van der Waals surface area contributed by atoms with Crippen LogP contribution in [0.1, 0.15) is 226 Å². The molecule has 69 heavy (non-hydrogen) atoms. The Morgan fingerprint density at radius 1 is 0.725 bits per heavy atom. The lowest BCUT2D eigenvalue weighted by molar-refractivity contribution is -0.141. The molecule has 0 bridgehead atoms. The number of cyclic esters (lactones) is 1. The summed E-state index contributed by atoms with van der Waals surface area (Å²) in [5.74, 6) is 6.78. The third kappa shape index (κ3) is 17.0. The van der Waals surface area contributed by atoms with Gasteiger partial charge in [-0.15, -0.1) is 5.92 Å². The lowest BCUT2D eigenvalue weighted by atomic mass is 9.94. The highest BCUT2D eigenvalue weighted by atomic mass is 28.4. The van der Waals surface area contributed by atoms with Gasteiger partial charge in [0.25, 0.3) is 0 Å². The summed E-state index contributed by atoms with van der Waals surface area (Å²) in [5, 5.41) is 0.153. The molecule has 4 heterocycles. The van der Waals surface area contributed by atoms with Crippen molar-refractivity contribution in [3.05, 3.63) is 23.8 Å². The lowest BCUT2D eigenvalue weighted by Gasteiger charge is -2.46. The third-order valence-corrected chi connectivity index (χ3v) is 31.9. The zero-order valence-corrected chi connectivity index (χ0v) is 50.5. The summed E-state index contributed by atoms with van der Waals surface area (Å²) >= 11 is 0. The van der Waals surface area contributed by atoms with Crippen LogP contribution in [-0.2, 0) is 36.7 Å². The lowest BCUT2D eigenvalue weighted by Crippen LogP contribution is -2.56. The molecule has 0 aromatic heterocycles. The average Bonchev–Trinajstić information content (AvgIpc) is 3.79. The molecule has 11 heteroatoms. The minimum absolute atomic E-state index is 0.0190. The van der Waals surface area contributed by atoms with E-state index in [1.165, 1.54) is 51.4 Å². The maximum absolute atomic E-state index is 12.6. The van der Waals surface area contributed by atoms with Crippen LogP contribution < -0.4 is 0 Å². The maximum Gasteiger partial charge on any atom is 0.344 e. The van der Waals surface area contributed by atoms with Crippen LogP contribution in [0.5, 0.6) is 0 Å². The van der Waals surface area contributed by atoms with E-state index in [1.54, 1.807) is 0 Å². The van der Waals surface area contributed by atoms with Gasteiger partial charge >= 0.3 is 14.5 Å². The molecule has 2 fully saturated rings. The second kappa shape index (κ2) is 28.0. The van der Waals surface area contributed by atoms with Crippen molar-refractivity contribution in [2.24, 2.45) is 0 Å². The smallest absolute Gasteiger partial charge is 0.344 e. The molecule has 0 unspecified atom stereocenters. The maximum atomic E-state index is 12.6. The van der Waals surface area contributed by atoms with E-state index < -0.39 is 25.2 Å². The van der Waals surface area contributed by atoms with Crippen LogP contribution in [0.2, 0.25) is 45.8 Å². The van der Waals surface area contributed by atoms with Crippen LogP contribution in [0.15, 0.2) is 23.8 Å². The fraction of sp³-hybridized carbons (Fsp3) is 0.879. The molecule has 4 aliphatic rings. The Balaban J connectivity index is 1.37. The number of hydrogen-bond donors (Lipinski definition) is 0. The zero-order valence-electron chi connectivity index (χ0n) is 47.5. The van der Waals surface area contributed by atoms with Crippen LogP contribution in [0, 0.1) is 11.8 Å². The first-order chi connectivity index (χ1) is 32.5. The van der Waals surface area contributed by atoms with Crippen molar-refractivity contribution in [1.82, 2.24) is 0 Å². The van der Waals surface area contributed by atoms with Gasteiger partial charge in [0.05, 0.1) is 42.7 Å². The summed E-state index contributed by atoms with van der Waals surface area (Å²) in [6, 6.07) is 0. The zero-order chi connectivity index (χ0) is 51.2. The van der Waals surface area contributed by atoms with Crippen molar-refractivity contribution in [1.29, 1.82) is 0 Å². The summed E-state index contributed by atoms with van der Waals surface area (Å²) < 4.78 is 48.6. The van der Waals surface area contributed by atoms with E-state index in [1.807, 2.05) is 13.0 Å². The van der Waals surface area contributed by atoms with Crippen molar-refractivity contribution in [2.45, 2.75) is 327 Å². The predicted octanol–water partition coefficient (Wildman–Crippen LogP) is 16.4.